The number of piperazine rings is 1. The maximum Gasteiger partial charge on any atom is 0.322 e. The van der Waals surface area contributed by atoms with Crippen LogP contribution in [0, 0.1) is 0 Å². The summed E-state index contributed by atoms with van der Waals surface area (Å²) in [5.41, 5.74) is 0. The quantitative estimate of drug-likeness (QED) is 0.589. The highest BCUT2D eigenvalue weighted by atomic mass is 16.4. The van der Waals surface area contributed by atoms with E-state index in [4.69, 9.17) is 5.11 Å². The Bertz CT molecular complexity index is 371. The molecule has 0 saturated carbocycles. The summed E-state index contributed by atoms with van der Waals surface area (Å²) >= 11 is 0. The summed E-state index contributed by atoms with van der Waals surface area (Å²) in [6.07, 6.45) is 0.576. The fraction of sp³-hybridized carbons (Fsp3) is 0.700. The topological polar surface area (TPSA) is 89.9 Å². The first-order valence-electron chi connectivity index (χ1n) is 5.51. The Morgan fingerprint density at radius 1 is 1.47 bits per heavy atom. The van der Waals surface area contributed by atoms with E-state index in [1.165, 1.54) is 4.90 Å². The number of likely N-dealkylation sites (N-methyl/N-ethyl adjacent to an activating group) is 1. The molecular formula is C10H15N3O4. The number of carboxylic acid groups (broad SMARTS) is 1. The van der Waals surface area contributed by atoms with Gasteiger partial charge in [-0.05, 0) is 6.42 Å². The Balaban J connectivity index is 2.18. The molecule has 7 nitrogen and oxygen atoms in total. The molecule has 0 aromatic carbocycles. The second-order valence-corrected chi connectivity index (χ2v) is 4.39. The summed E-state index contributed by atoms with van der Waals surface area (Å²) in [4.78, 5) is 37.3. The predicted molar refractivity (Wildman–Crippen MR) is 57.2 cm³/mol. The third-order valence-electron chi connectivity index (χ3n) is 3.30. The van der Waals surface area contributed by atoms with Crippen molar-refractivity contribution in [1.29, 1.82) is 0 Å². The van der Waals surface area contributed by atoms with Crippen LogP contribution in [0.25, 0.3) is 0 Å². The van der Waals surface area contributed by atoms with Crippen LogP contribution in [0.3, 0.4) is 0 Å². The second-order valence-electron chi connectivity index (χ2n) is 4.39. The van der Waals surface area contributed by atoms with Gasteiger partial charge in [0.05, 0.1) is 12.6 Å². The molecule has 0 aromatic heterocycles. The van der Waals surface area contributed by atoms with Crippen molar-refractivity contribution in [2.24, 2.45) is 0 Å². The number of carboxylic acids is 1. The number of likely N-dealkylation sites (tertiary alicyclic amines) is 1. The van der Waals surface area contributed by atoms with E-state index in [9.17, 15) is 14.4 Å². The van der Waals surface area contributed by atoms with Gasteiger partial charge in [0.1, 0.15) is 6.04 Å². The number of carbonyl (C=O) groups excluding carboxylic acids is 2. The monoisotopic (exact) mass is 241 g/mol. The Morgan fingerprint density at radius 2 is 2.18 bits per heavy atom. The molecule has 7 heteroatoms. The van der Waals surface area contributed by atoms with Crippen LogP contribution in [-0.2, 0) is 14.4 Å². The molecule has 0 bridgehead atoms. The zero-order valence-corrected chi connectivity index (χ0v) is 9.55. The molecule has 2 N–H and O–H groups in total. The van der Waals surface area contributed by atoms with Gasteiger partial charge in [0.25, 0.3) is 0 Å². The van der Waals surface area contributed by atoms with Crippen LogP contribution >= 0.6 is 0 Å². The first kappa shape index (κ1) is 11.8. The van der Waals surface area contributed by atoms with Gasteiger partial charge in [-0.25, -0.2) is 0 Å². The normalized spacial score (nSPS) is 30.5. The lowest BCUT2D eigenvalue weighted by atomic mass is 10.1. The van der Waals surface area contributed by atoms with E-state index in [0.717, 1.165) is 0 Å². The van der Waals surface area contributed by atoms with Crippen LogP contribution in [0.15, 0.2) is 0 Å². The third kappa shape index (κ3) is 2.10. The molecule has 0 aliphatic carbocycles. The Morgan fingerprint density at radius 3 is 2.71 bits per heavy atom. The van der Waals surface area contributed by atoms with Crippen molar-refractivity contribution >= 4 is 17.8 Å². The Kier molecular flexibility index (Phi) is 3.01. The highest BCUT2D eigenvalue weighted by molar-refractivity contribution is 5.88. The van der Waals surface area contributed by atoms with Crippen LogP contribution in [0.1, 0.15) is 6.42 Å². The minimum Gasteiger partial charge on any atom is -0.480 e. The molecule has 0 aromatic rings. The van der Waals surface area contributed by atoms with Gasteiger partial charge >= 0.3 is 5.97 Å². The molecule has 94 valence electrons. The van der Waals surface area contributed by atoms with E-state index < -0.39 is 18.1 Å². The highest BCUT2D eigenvalue weighted by Crippen LogP contribution is 2.19. The Labute approximate surface area is 98.4 Å². The number of aliphatic carboxylic acids is 1. The van der Waals surface area contributed by atoms with Crippen molar-refractivity contribution < 1.29 is 19.5 Å². The number of amides is 2. The molecule has 2 heterocycles. The van der Waals surface area contributed by atoms with Gasteiger partial charge in [-0.15, -0.1) is 0 Å². The zero-order valence-electron chi connectivity index (χ0n) is 9.55. The molecule has 0 spiro atoms. The van der Waals surface area contributed by atoms with Crippen molar-refractivity contribution in [3.8, 4) is 0 Å². The molecule has 2 amide bonds. The summed E-state index contributed by atoms with van der Waals surface area (Å²) < 4.78 is 0. The number of rotatable bonds is 2. The predicted octanol–water partition coefficient (Wildman–Crippen LogP) is -1.90. The van der Waals surface area contributed by atoms with Crippen molar-refractivity contribution in [1.82, 2.24) is 15.1 Å². The van der Waals surface area contributed by atoms with Gasteiger partial charge in [0.15, 0.2) is 0 Å². The maximum absolute atomic E-state index is 11.8. The molecule has 2 unspecified atom stereocenters. The fourth-order valence-corrected chi connectivity index (χ4v) is 2.33. The van der Waals surface area contributed by atoms with Gasteiger partial charge in [0, 0.05) is 20.1 Å². The van der Waals surface area contributed by atoms with Crippen molar-refractivity contribution in [2.75, 3.05) is 26.7 Å². The first-order valence-corrected chi connectivity index (χ1v) is 5.51. The summed E-state index contributed by atoms with van der Waals surface area (Å²) in [5.74, 6) is -1.34. The molecule has 2 rings (SSSR count). The highest BCUT2D eigenvalue weighted by Gasteiger charge is 2.42. The van der Waals surface area contributed by atoms with Crippen LogP contribution < -0.4 is 5.32 Å². The number of hydrogen-bond acceptors (Lipinski definition) is 4. The van der Waals surface area contributed by atoms with Crippen molar-refractivity contribution in [2.45, 2.75) is 18.5 Å². The summed E-state index contributed by atoms with van der Waals surface area (Å²) in [6, 6.07) is -1.29. The van der Waals surface area contributed by atoms with Gasteiger partial charge in [-0.1, -0.05) is 0 Å². The molecule has 17 heavy (non-hydrogen) atoms. The molecule has 2 aliphatic heterocycles. The van der Waals surface area contributed by atoms with Crippen LogP contribution in [0.5, 0.6) is 0 Å². The minimum absolute atomic E-state index is 0.0266. The van der Waals surface area contributed by atoms with Gasteiger partial charge in [0.2, 0.25) is 11.8 Å². The largest absolute Gasteiger partial charge is 0.480 e. The molecule has 2 saturated heterocycles. The van der Waals surface area contributed by atoms with Crippen molar-refractivity contribution in [3.63, 3.8) is 0 Å². The van der Waals surface area contributed by atoms with E-state index in [-0.39, 0.29) is 24.9 Å². The van der Waals surface area contributed by atoms with Gasteiger partial charge in [-0.3, -0.25) is 19.3 Å². The Hall–Kier alpha value is -1.63. The lowest BCUT2D eigenvalue weighted by Crippen LogP contribution is -2.61. The number of hydrogen-bond donors (Lipinski definition) is 2. The third-order valence-corrected chi connectivity index (χ3v) is 3.30. The molecule has 0 radical (unpaired) electrons. The van der Waals surface area contributed by atoms with E-state index in [1.54, 1.807) is 11.9 Å². The lowest BCUT2D eigenvalue weighted by molar-refractivity contribution is -0.149. The summed E-state index contributed by atoms with van der Waals surface area (Å²) in [6.45, 7) is 0.636. The van der Waals surface area contributed by atoms with Crippen LogP contribution in [-0.4, -0.2) is 71.5 Å². The molecule has 2 fully saturated rings. The molecule has 2 atom stereocenters. The average molecular weight is 241 g/mol. The summed E-state index contributed by atoms with van der Waals surface area (Å²) in [5, 5.41) is 11.6. The number of nitrogens with one attached hydrogen (secondary N) is 1. The summed E-state index contributed by atoms with van der Waals surface area (Å²) in [7, 11) is 1.68. The van der Waals surface area contributed by atoms with E-state index in [2.05, 4.69) is 5.32 Å². The first-order chi connectivity index (χ1) is 8.00. The standard InChI is InChI=1S/C10H15N3O4/c1-12-3-2-6(9(12)15)13-5-8(14)11-4-7(13)10(16)17/h6-7H,2-5H2,1H3,(H,11,14)(H,16,17). The second kappa shape index (κ2) is 4.33. The number of carbonyl (C=O) groups is 3. The van der Waals surface area contributed by atoms with E-state index >= 15 is 0 Å². The SMILES string of the molecule is CN1CCC(N2CC(=O)NCC2C(=O)O)C1=O. The zero-order chi connectivity index (χ0) is 12.6. The average Bonchev–Trinajstić information content (AvgIpc) is 2.59. The fourth-order valence-electron chi connectivity index (χ4n) is 2.33. The van der Waals surface area contributed by atoms with E-state index in [0.29, 0.717) is 13.0 Å². The van der Waals surface area contributed by atoms with Crippen LogP contribution in [0.4, 0.5) is 0 Å². The van der Waals surface area contributed by atoms with Gasteiger partial charge in [-0.2, -0.15) is 0 Å². The van der Waals surface area contributed by atoms with Crippen molar-refractivity contribution in [3.05, 3.63) is 0 Å². The smallest absolute Gasteiger partial charge is 0.322 e. The maximum atomic E-state index is 11.8. The lowest BCUT2D eigenvalue weighted by Gasteiger charge is -2.35. The molecular weight excluding hydrogens is 226 g/mol. The van der Waals surface area contributed by atoms with E-state index in [1.807, 2.05) is 0 Å². The van der Waals surface area contributed by atoms with Crippen LogP contribution in [0.2, 0.25) is 0 Å². The van der Waals surface area contributed by atoms with Gasteiger partial charge < -0.3 is 15.3 Å². The number of nitrogens with zero attached hydrogens (tertiary/aromatic N) is 2. The minimum atomic E-state index is -1.01. The molecule has 2 aliphatic rings.